The van der Waals surface area contributed by atoms with Crippen LogP contribution in [-0.4, -0.2) is 18.2 Å². The van der Waals surface area contributed by atoms with E-state index in [0.29, 0.717) is 0 Å². The number of carboxylic acid groups (broad SMARTS) is 1. The zero-order chi connectivity index (χ0) is 11.4. The minimum absolute atomic E-state index is 0.00147. The Bertz CT molecular complexity index is 415. The molecule has 0 unspecified atom stereocenters. The molecule has 1 aromatic rings. The van der Waals surface area contributed by atoms with Gasteiger partial charge in [0.2, 0.25) is 0 Å². The van der Waals surface area contributed by atoms with Crippen LogP contribution in [0.1, 0.15) is 5.56 Å². The topological polar surface area (TPSA) is 46.5 Å². The minimum atomic E-state index is -1.17. The normalized spacial score (nSPS) is 10.6. The van der Waals surface area contributed by atoms with Crippen LogP contribution in [0.2, 0.25) is 5.02 Å². The number of rotatable bonds is 3. The Labute approximate surface area is 90.7 Å². The van der Waals surface area contributed by atoms with Crippen LogP contribution in [0.4, 0.5) is 4.39 Å². The van der Waals surface area contributed by atoms with Gasteiger partial charge in [0, 0.05) is 11.6 Å². The number of hydrogen-bond acceptors (Lipinski definition) is 2. The van der Waals surface area contributed by atoms with Crippen molar-refractivity contribution in [2.75, 3.05) is 7.11 Å². The minimum Gasteiger partial charge on any atom is -0.494 e. The molecule has 1 aromatic carbocycles. The zero-order valence-corrected chi connectivity index (χ0v) is 8.58. The number of ether oxygens (including phenoxy) is 1. The number of hydrogen-bond donors (Lipinski definition) is 1. The molecule has 5 heteroatoms. The Morgan fingerprint density at radius 1 is 1.60 bits per heavy atom. The van der Waals surface area contributed by atoms with Crippen LogP contribution in [-0.2, 0) is 4.79 Å². The molecule has 0 fully saturated rings. The average molecular weight is 231 g/mol. The summed E-state index contributed by atoms with van der Waals surface area (Å²) in [5, 5.41) is 8.53. The molecule has 80 valence electrons. The van der Waals surface area contributed by atoms with Gasteiger partial charge >= 0.3 is 5.97 Å². The van der Waals surface area contributed by atoms with Crippen molar-refractivity contribution >= 4 is 23.6 Å². The molecule has 0 atom stereocenters. The molecule has 0 heterocycles. The number of aliphatic carboxylic acids is 1. The molecule has 15 heavy (non-hydrogen) atoms. The summed E-state index contributed by atoms with van der Waals surface area (Å²) in [4.78, 5) is 10.3. The Kier molecular flexibility index (Phi) is 3.68. The summed E-state index contributed by atoms with van der Waals surface area (Å²) in [6, 6.07) is 2.81. The summed E-state index contributed by atoms with van der Waals surface area (Å²) in [6.07, 6.45) is 1.90. The molecule has 1 rings (SSSR count). The van der Waals surface area contributed by atoms with E-state index in [1.54, 1.807) is 0 Å². The van der Waals surface area contributed by atoms with Gasteiger partial charge in [-0.2, -0.15) is 0 Å². The van der Waals surface area contributed by atoms with Gasteiger partial charge in [-0.15, -0.1) is 0 Å². The second-order valence-corrected chi connectivity index (χ2v) is 3.06. The SMILES string of the molecule is COc1ccc(Cl)c(/C=C/C(=O)O)c1F. The van der Waals surface area contributed by atoms with Crippen molar-refractivity contribution < 1.29 is 19.0 Å². The number of halogens is 2. The number of benzene rings is 1. The molecule has 0 aromatic heterocycles. The Morgan fingerprint density at radius 2 is 2.27 bits per heavy atom. The van der Waals surface area contributed by atoms with Crippen molar-refractivity contribution in [1.29, 1.82) is 0 Å². The summed E-state index contributed by atoms with van der Waals surface area (Å²) in [7, 11) is 1.32. The molecule has 0 saturated heterocycles. The standard InChI is InChI=1S/C10H8ClFO3/c1-15-8-4-3-7(11)6(10(8)12)2-5-9(13)14/h2-5H,1H3,(H,13,14)/b5-2+. The molecule has 0 saturated carbocycles. The van der Waals surface area contributed by atoms with Crippen LogP contribution >= 0.6 is 11.6 Å². The second kappa shape index (κ2) is 4.79. The number of carbonyl (C=O) groups is 1. The summed E-state index contributed by atoms with van der Waals surface area (Å²) in [6.45, 7) is 0. The fourth-order valence-corrected chi connectivity index (χ4v) is 1.22. The van der Waals surface area contributed by atoms with Gasteiger partial charge in [0.05, 0.1) is 12.1 Å². The van der Waals surface area contributed by atoms with Crippen molar-refractivity contribution in [3.63, 3.8) is 0 Å². The Morgan fingerprint density at radius 3 is 2.80 bits per heavy atom. The van der Waals surface area contributed by atoms with Crippen LogP contribution in [0.25, 0.3) is 6.08 Å². The second-order valence-electron chi connectivity index (χ2n) is 2.65. The van der Waals surface area contributed by atoms with Crippen LogP contribution in [0.5, 0.6) is 5.75 Å². The lowest BCUT2D eigenvalue weighted by molar-refractivity contribution is -0.131. The highest BCUT2D eigenvalue weighted by Crippen LogP contribution is 2.27. The van der Waals surface area contributed by atoms with E-state index in [-0.39, 0.29) is 16.3 Å². The molecule has 0 aliphatic carbocycles. The fraction of sp³-hybridized carbons (Fsp3) is 0.100. The predicted octanol–water partition coefficient (Wildman–Crippen LogP) is 2.59. The van der Waals surface area contributed by atoms with E-state index in [2.05, 4.69) is 0 Å². The average Bonchev–Trinajstić information content (AvgIpc) is 2.17. The van der Waals surface area contributed by atoms with Gasteiger partial charge in [-0.25, -0.2) is 9.18 Å². The molecular formula is C10H8ClFO3. The highest BCUT2D eigenvalue weighted by atomic mass is 35.5. The highest BCUT2D eigenvalue weighted by molar-refractivity contribution is 6.32. The lowest BCUT2D eigenvalue weighted by atomic mass is 10.2. The first kappa shape index (κ1) is 11.5. The van der Waals surface area contributed by atoms with Crippen molar-refractivity contribution in [2.45, 2.75) is 0 Å². The Hall–Kier alpha value is -1.55. The maximum atomic E-state index is 13.5. The molecule has 1 N–H and O–H groups in total. The van der Waals surface area contributed by atoms with Crippen LogP contribution in [0.3, 0.4) is 0 Å². The summed E-state index contributed by atoms with van der Waals surface area (Å²) in [5.74, 6) is -1.83. The zero-order valence-electron chi connectivity index (χ0n) is 7.83. The highest BCUT2D eigenvalue weighted by Gasteiger charge is 2.10. The van der Waals surface area contributed by atoms with Gasteiger partial charge in [0.25, 0.3) is 0 Å². The van der Waals surface area contributed by atoms with Gasteiger partial charge in [-0.3, -0.25) is 0 Å². The number of carboxylic acids is 1. The molecule has 0 spiro atoms. The van der Waals surface area contributed by atoms with Crippen molar-refractivity contribution in [1.82, 2.24) is 0 Å². The van der Waals surface area contributed by atoms with Crippen molar-refractivity contribution in [3.8, 4) is 5.75 Å². The molecule has 0 aliphatic rings. The van der Waals surface area contributed by atoms with Gasteiger partial charge in [-0.1, -0.05) is 11.6 Å². The van der Waals surface area contributed by atoms with Gasteiger partial charge in [0.15, 0.2) is 11.6 Å². The van der Waals surface area contributed by atoms with Crippen LogP contribution in [0, 0.1) is 5.82 Å². The van der Waals surface area contributed by atoms with E-state index >= 15 is 0 Å². The maximum absolute atomic E-state index is 13.5. The lowest BCUT2D eigenvalue weighted by Gasteiger charge is -2.05. The van der Waals surface area contributed by atoms with E-state index in [4.69, 9.17) is 21.4 Å². The van der Waals surface area contributed by atoms with Gasteiger partial charge < -0.3 is 9.84 Å². The molecule has 0 radical (unpaired) electrons. The third-order valence-electron chi connectivity index (χ3n) is 1.70. The third kappa shape index (κ3) is 2.70. The van der Waals surface area contributed by atoms with Crippen LogP contribution in [0.15, 0.2) is 18.2 Å². The fourth-order valence-electron chi connectivity index (χ4n) is 1.01. The quantitative estimate of drug-likeness (QED) is 0.812. The van der Waals surface area contributed by atoms with Gasteiger partial charge in [-0.05, 0) is 18.2 Å². The first-order chi connectivity index (χ1) is 7.06. The summed E-state index contributed by atoms with van der Waals surface area (Å²) < 4.78 is 18.3. The smallest absolute Gasteiger partial charge is 0.328 e. The van der Waals surface area contributed by atoms with E-state index in [0.717, 1.165) is 12.2 Å². The lowest BCUT2D eigenvalue weighted by Crippen LogP contribution is -1.93. The summed E-state index contributed by atoms with van der Waals surface area (Å²) in [5.41, 5.74) is -0.00147. The molecule has 3 nitrogen and oxygen atoms in total. The summed E-state index contributed by atoms with van der Waals surface area (Å²) >= 11 is 5.70. The maximum Gasteiger partial charge on any atom is 0.328 e. The number of methoxy groups -OCH3 is 1. The Balaban J connectivity index is 3.21. The van der Waals surface area contributed by atoms with E-state index in [1.165, 1.54) is 19.2 Å². The first-order valence-corrected chi connectivity index (χ1v) is 4.37. The van der Waals surface area contributed by atoms with E-state index < -0.39 is 11.8 Å². The van der Waals surface area contributed by atoms with E-state index in [1.807, 2.05) is 0 Å². The molecule has 0 aliphatic heterocycles. The largest absolute Gasteiger partial charge is 0.494 e. The predicted molar refractivity (Wildman–Crippen MR) is 54.6 cm³/mol. The van der Waals surface area contributed by atoms with Crippen molar-refractivity contribution in [2.24, 2.45) is 0 Å². The molecule has 0 bridgehead atoms. The van der Waals surface area contributed by atoms with Crippen molar-refractivity contribution in [3.05, 3.63) is 34.6 Å². The van der Waals surface area contributed by atoms with E-state index in [9.17, 15) is 9.18 Å². The van der Waals surface area contributed by atoms with Gasteiger partial charge in [0.1, 0.15) is 0 Å². The monoisotopic (exact) mass is 230 g/mol. The van der Waals surface area contributed by atoms with Crippen LogP contribution < -0.4 is 4.74 Å². The molecule has 0 amide bonds. The third-order valence-corrected chi connectivity index (χ3v) is 2.03. The molecular weight excluding hydrogens is 223 g/mol. The first-order valence-electron chi connectivity index (χ1n) is 3.99.